The van der Waals surface area contributed by atoms with Crippen molar-refractivity contribution >= 4 is 30.0 Å². The minimum absolute atomic E-state index is 0.100. The van der Waals surface area contributed by atoms with E-state index in [0.717, 1.165) is 11.1 Å². The summed E-state index contributed by atoms with van der Waals surface area (Å²) in [6.07, 6.45) is 0.914. The Morgan fingerprint density at radius 3 is 1.53 bits per heavy atom. The number of rotatable bonds is 17. The van der Waals surface area contributed by atoms with E-state index in [1.807, 2.05) is 60.7 Å². The second-order valence-electron chi connectivity index (χ2n) is 10.6. The van der Waals surface area contributed by atoms with Crippen LogP contribution in [0.5, 0.6) is 0 Å². The molecule has 0 saturated heterocycles. The highest BCUT2D eigenvalue weighted by Gasteiger charge is 2.19. The fourth-order valence-corrected chi connectivity index (χ4v) is 4.13. The number of urea groups is 4. The van der Waals surface area contributed by atoms with Gasteiger partial charge in [-0.05, 0) is 37.8 Å². The molecular formula is C30H46N10O5. The summed E-state index contributed by atoms with van der Waals surface area (Å²) in [6.45, 7) is 4.17. The Bertz CT molecular complexity index is 1220. The summed E-state index contributed by atoms with van der Waals surface area (Å²) in [5, 5.41) is 21.7. The first-order valence-corrected chi connectivity index (χ1v) is 14.8. The number of primary amides is 1. The second-order valence-corrected chi connectivity index (χ2v) is 10.6. The number of benzene rings is 2. The third kappa shape index (κ3) is 15.8. The smallest absolute Gasteiger partial charge is 0.315 e. The molecule has 4 atom stereocenters. The van der Waals surface area contributed by atoms with Crippen LogP contribution >= 0.6 is 0 Å². The predicted octanol–water partition coefficient (Wildman–Crippen LogP) is -0.373. The second kappa shape index (κ2) is 20.0. The van der Waals surface area contributed by atoms with E-state index in [4.69, 9.17) is 11.5 Å². The predicted molar refractivity (Wildman–Crippen MR) is 171 cm³/mol. The minimum atomic E-state index is -0.845. The van der Waals surface area contributed by atoms with Crippen molar-refractivity contribution in [3.8, 4) is 0 Å². The lowest BCUT2D eigenvalue weighted by Gasteiger charge is -2.23. The van der Waals surface area contributed by atoms with E-state index >= 15 is 0 Å². The lowest BCUT2D eigenvalue weighted by Crippen LogP contribution is -2.55. The maximum atomic E-state index is 13.0. The Kier molecular flexibility index (Phi) is 16.1. The quantitative estimate of drug-likeness (QED) is 0.112. The maximum absolute atomic E-state index is 13.0. The van der Waals surface area contributed by atoms with Gasteiger partial charge in [0.1, 0.15) is 6.04 Å². The summed E-state index contributed by atoms with van der Waals surface area (Å²) in [6, 6.07) is 14.9. The molecule has 15 nitrogen and oxygen atoms in total. The van der Waals surface area contributed by atoms with Gasteiger partial charge in [0.15, 0.2) is 0 Å². The van der Waals surface area contributed by atoms with Gasteiger partial charge in [0, 0.05) is 38.8 Å². The molecule has 9 amide bonds. The van der Waals surface area contributed by atoms with Crippen LogP contribution in [0.3, 0.4) is 0 Å². The third-order valence-corrected chi connectivity index (χ3v) is 6.49. The molecule has 12 N–H and O–H groups in total. The number of nitrogens with one attached hydrogen (secondary N) is 8. The summed E-state index contributed by atoms with van der Waals surface area (Å²) in [7, 11) is 0. The van der Waals surface area contributed by atoms with Crippen LogP contribution in [-0.2, 0) is 17.6 Å². The van der Waals surface area contributed by atoms with Gasteiger partial charge < -0.3 is 54.0 Å². The SMILES string of the molecule is C[C@@H](CNC(=O)NC(CNC(=O)NC(CNC(=O)NCCN)Cc1ccccc1)Cc1ccccc1)NC(=O)N[C@H](C)C(N)=O. The molecule has 2 aromatic carbocycles. The molecule has 45 heavy (non-hydrogen) atoms. The highest BCUT2D eigenvalue weighted by molar-refractivity contribution is 5.85. The third-order valence-electron chi connectivity index (χ3n) is 6.49. The molecule has 0 aliphatic carbocycles. The summed E-state index contributed by atoms with van der Waals surface area (Å²) < 4.78 is 0. The standard InChI is InChI=1S/C30H46N10O5/c1-20(37-30(45)38-21(2)26(32)41)17-34-28(43)39-25(16-23-11-7-4-8-12-23)19-36-29(44)40-24(15-22-9-5-3-6-10-22)18-35-27(42)33-14-13-31/h3-12,20-21,24-25H,13-19,31H2,1-2H3,(H2,32,41)(H2,33,35,42)(H2,34,39,43)(H2,36,40,44)(H2,37,38,45)/t20-,21+,24?,25?/m0/s1. The first kappa shape index (κ1) is 36.1. The van der Waals surface area contributed by atoms with Gasteiger partial charge in [-0.2, -0.15) is 0 Å². The molecular weight excluding hydrogens is 580 g/mol. The Labute approximate surface area is 263 Å². The van der Waals surface area contributed by atoms with Crippen molar-refractivity contribution in [3.63, 3.8) is 0 Å². The van der Waals surface area contributed by atoms with E-state index in [1.165, 1.54) is 6.92 Å². The average Bonchev–Trinajstić information content (AvgIpc) is 3.01. The summed E-state index contributed by atoms with van der Waals surface area (Å²) in [4.78, 5) is 60.9. The number of amides is 9. The molecule has 0 radical (unpaired) electrons. The molecule has 246 valence electrons. The van der Waals surface area contributed by atoms with Gasteiger partial charge >= 0.3 is 24.1 Å². The average molecular weight is 627 g/mol. The Morgan fingerprint density at radius 2 is 1.07 bits per heavy atom. The van der Waals surface area contributed by atoms with Crippen LogP contribution in [0.1, 0.15) is 25.0 Å². The van der Waals surface area contributed by atoms with E-state index in [-0.39, 0.29) is 25.7 Å². The molecule has 0 aromatic heterocycles. The molecule has 15 heteroatoms. The molecule has 0 saturated carbocycles. The number of hydrogen-bond acceptors (Lipinski definition) is 6. The lowest BCUT2D eigenvalue weighted by molar-refractivity contribution is -0.119. The summed E-state index contributed by atoms with van der Waals surface area (Å²) >= 11 is 0. The van der Waals surface area contributed by atoms with E-state index in [1.54, 1.807) is 6.92 Å². The van der Waals surface area contributed by atoms with Crippen LogP contribution < -0.4 is 54.0 Å². The minimum Gasteiger partial charge on any atom is -0.368 e. The van der Waals surface area contributed by atoms with Gasteiger partial charge in [-0.25, -0.2) is 19.2 Å². The number of carbonyl (C=O) groups excluding carboxylic acids is 5. The summed E-state index contributed by atoms with van der Waals surface area (Å²) in [5.41, 5.74) is 12.5. The molecule has 0 fully saturated rings. The van der Waals surface area contributed by atoms with Crippen LogP contribution in [0.25, 0.3) is 0 Å². The lowest BCUT2D eigenvalue weighted by atomic mass is 10.1. The molecule has 0 aliphatic heterocycles. The van der Waals surface area contributed by atoms with E-state index in [9.17, 15) is 24.0 Å². The van der Waals surface area contributed by atoms with Crippen LogP contribution in [0.15, 0.2) is 60.7 Å². The molecule has 0 spiro atoms. The molecule has 2 rings (SSSR count). The van der Waals surface area contributed by atoms with Gasteiger partial charge in [0.25, 0.3) is 0 Å². The van der Waals surface area contributed by atoms with Crippen molar-refractivity contribution in [2.45, 2.75) is 50.9 Å². The molecule has 2 aromatic rings. The van der Waals surface area contributed by atoms with Gasteiger partial charge in [-0.15, -0.1) is 0 Å². The van der Waals surface area contributed by atoms with Crippen LogP contribution in [0, 0.1) is 0 Å². The highest BCUT2D eigenvalue weighted by Crippen LogP contribution is 2.05. The van der Waals surface area contributed by atoms with Gasteiger partial charge in [0.05, 0.1) is 12.1 Å². The highest BCUT2D eigenvalue weighted by atomic mass is 16.2. The van der Waals surface area contributed by atoms with Gasteiger partial charge in [-0.1, -0.05) is 60.7 Å². The first-order chi connectivity index (χ1) is 21.5. The van der Waals surface area contributed by atoms with Crippen molar-refractivity contribution in [2.24, 2.45) is 11.5 Å². The van der Waals surface area contributed by atoms with Gasteiger partial charge in [0.2, 0.25) is 5.91 Å². The first-order valence-electron chi connectivity index (χ1n) is 14.8. The van der Waals surface area contributed by atoms with Crippen molar-refractivity contribution in [3.05, 3.63) is 71.8 Å². The maximum Gasteiger partial charge on any atom is 0.315 e. The number of hydrogen-bond donors (Lipinski definition) is 10. The summed E-state index contributed by atoms with van der Waals surface area (Å²) in [5.74, 6) is -0.670. The molecule has 2 unspecified atom stereocenters. The molecule has 0 heterocycles. The Hall–Kier alpha value is -5.05. The zero-order chi connectivity index (χ0) is 33.0. The van der Waals surface area contributed by atoms with E-state index in [2.05, 4.69) is 42.5 Å². The fraction of sp³-hybridized carbons (Fsp3) is 0.433. The monoisotopic (exact) mass is 626 g/mol. The van der Waals surface area contributed by atoms with Crippen molar-refractivity contribution in [1.29, 1.82) is 0 Å². The topological polar surface area (TPSA) is 234 Å². The fourth-order valence-electron chi connectivity index (χ4n) is 4.13. The largest absolute Gasteiger partial charge is 0.368 e. The zero-order valence-corrected chi connectivity index (χ0v) is 25.7. The van der Waals surface area contributed by atoms with E-state index < -0.39 is 48.2 Å². The number of carbonyl (C=O) groups is 5. The van der Waals surface area contributed by atoms with E-state index in [0.29, 0.717) is 25.9 Å². The van der Waals surface area contributed by atoms with Gasteiger partial charge in [-0.3, -0.25) is 4.79 Å². The van der Waals surface area contributed by atoms with Crippen LogP contribution in [0.4, 0.5) is 19.2 Å². The normalized spacial score (nSPS) is 13.1. The Morgan fingerprint density at radius 1 is 0.600 bits per heavy atom. The van der Waals surface area contributed by atoms with Crippen molar-refractivity contribution in [1.82, 2.24) is 42.5 Å². The number of nitrogens with two attached hydrogens (primary N) is 2. The Balaban J connectivity index is 1.95. The van der Waals surface area contributed by atoms with Crippen molar-refractivity contribution in [2.75, 3.05) is 32.7 Å². The van der Waals surface area contributed by atoms with Crippen molar-refractivity contribution < 1.29 is 24.0 Å². The zero-order valence-electron chi connectivity index (χ0n) is 25.7. The molecule has 0 bridgehead atoms. The van der Waals surface area contributed by atoms with Crippen LogP contribution in [0.2, 0.25) is 0 Å². The molecule has 0 aliphatic rings. The van der Waals surface area contributed by atoms with Crippen LogP contribution in [-0.4, -0.2) is 86.9 Å².